The van der Waals surface area contributed by atoms with Gasteiger partial charge in [0.05, 0.1) is 12.6 Å². The van der Waals surface area contributed by atoms with E-state index >= 15 is 0 Å². The molecule has 17 heteroatoms. The minimum Gasteiger partial charge on any atom is -0.458 e. The van der Waals surface area contributed by atoms with Crippen molar-refractivity contribution in [3.05, 3.63) is 0 Å². The highest BCUT2D eigenvalue weighted by Gasteiger charge is 2.73. The fourth-order valence-electron chi connectivity index (χ4n) is 5.62. The molecule has 1 spiro atoms. The minimum atomic E-state index is -1.93. The molecule has 3 aliphatic rings. The maximum Gasteiger partial charge on any atom is 0.437 e. The molecule has 0 aliphatic carbocycles. The van der Waals surface area contributed by atoms with Gasteiger partial charge in [-0.2, -0.15) is 0 Å². The van der Waals surface area contributed by atoms with E-state index in [9.17, 15) is 29.1 Å². The van der Waals surface area contributed by atoms with Crippen LogP contribution in [0.25, 0.3) is 0 Å². The lowest BCUT2D eigenvalue weighted by molar-refractivity contribution is -0.159. The standard InChI is InChI=1S/C31H50N6O11/c1-17(39)44-19-14-15-35-22(34-24(41)46-28(5,6)7)36(25(42)47-29(8,9)10)18(16-38)20-31(19,35)37(26(43)48-30(11,12)13)21(32-20)33-23(40)45-27(2,3)4/h18-20,38H,14-16H2,1-13H3,(H,32,33,40)/b34-22+/t18-,19-,20-,31+/m0/s1. The summed E-state index contributed by atoms with van der Waals surface area (Å²) in [5, 5.41) is 13.5. The molecule has 2 saturated heterocycles. The lowest BCUT2D eigenvalue weighted by Gasteiger charge is -2.55. The first-order valence-electron chi connectivity index (χ1n) is 15.7. The first-order valence-corrected chi connectivity index (χ1v) is 15.7. The number of ether oxygens (including phenoxy) is 5. The van der Waals surface area contributed by atoms with Crippen LogP contribution in [0.2, 0.25) is 0 Å². The number of aliphatic hydroxyl groups is 1. The molecule has 0 aromatic heterocycles. The zero-order valence-electron chi connectivity index (χ0n) is 30.1. The monoisotopic (exact) mass is 682 g/mol. The van der Waals surface area contributed by atoms with E-state index in [1.54, 1.807) is 83.1 Å². The first kappa shape index (κ1) is 38.3. The van der Waals surface area contributed by atoms with Crippen LogP contribution >= 0.6 is 0 Å². The molecule has 4 atom stereocenters. The number of hydrogen-bond donors (Lipinski definition) is 2. The van der Waals surface area contributed by atoms with Gasteiger partial charge in [-0.1, -0.05) is 0 Å². The Morgan fingerprint density at radius 1 is 0.854 bits per heavy atom. The predicted octanol–water partition coefficient (Wildman–Crippen LogP) is 3.72. The van der Waals surface area contributed by atoms with Crippen molar-refractivity contribution in [2.24, 2.45) is 9.98 Å². The van der Waals surface area contributed by atoms with Crippen LogP contribution < -0.4 is 5.32 Å². The lowest BCUT2D eigenvalue weighted by atomic mass is 9.86. The van der Waals surface area contributed by atoms with Crippen LogP contribution in [0.15, 0.2) is 9.98 Å². The molecule has 2 N–H and O–H groups in total. The van der Waals surface area contributed by atoms with Crippen molar-refractivity contribution in [2.75, 3.05) is 13.2 Å². The van der Waals surface area contributed by atoms with Gasteiger partial charge in [-0.15, -0.1) is 4.99 Å². The van der Waals surface area contributed by atoms with Crippen LogP contribution in [0.5, 0.6) is 0 Å². The summed E-state index contributed by atoms with van der Waals surface area (Å²) in [6.45, 7) is 19.9. The molecule has 2 fully saturated rings. The number of esters is 1. The van der Waals surface area contributed by atoms with Crippen LogP contribution in [0, 0.1) is 0 Å². The normalized spacial score (nSPS) is 25.1. The van der Waals surface area contributed by atoms with Crippen molar-refractivity contribution in [3.63, 3.8) is 0 Å². The Balaban J connectivity index is 2.40. The summed E-state index contributed by atoms with van der Waals surface area (Å²) < 4.78 is 28.2. The summed E-state index contributed by atoms with van der Waals surface area (Å²) in [5.41, 5.74) is -5.95. The summed E-state index contributed by atoms with van der Waals surface area (Å²) in [5.74, 6) is -1.46. The van der Waals surface area contributed by atoms with Crippen LogP contribution in [0.4, 0.5) is 19.2 Å². The molecule has 3 rings (SSSR count). The third-order valence-corrected chi connectivity index (χ3v) is 6.80. The van der Waals surface area contributed by atoms with Gasteiger partial charge in [0.25, 0.3) is 0 Å². The molecule has 3 aliphatic heterocycles. The van der Waals surface area contributed by atoms with Crippen molar-refractivity contribution >= 4 is 42.3 Å². The van der Waals surface area contributed by atoms with Crippen molar-refractivity contribution in [1.82, 2.24) is 20.0 Å². The van der Waals surface area contributed by atoms with Crippen molar-refractivity contribution in [3.8, 4) is 0 Å². The maximum absolute atomic E-state index is 14.2. The molecule has 0 aromatic carbocycles. The Hall–Kier alpha value is -4.15. The first-order chi connectivity index (χ1) is 21.7. The largest absolute Gasteiger partial charge is 0.458 e. The SMILES string of the molecule is CC(=O)O[C@H]1CCN2/C(=N\C(=O)OC(C)(C)C)N(C(=O)OC(C)(C)C)[C@@H](CO)[C@@H]3N=C(NC(=O)OC(C)(C)C)N(C(=O)OC(C)(C)C)[C@]132. The van der Waals surface area contributed by atoms with Gasteiger partial charge in [0, 0.05) is 19.9 Å². The number of guanidine groups is 2. The van der Waals surface area contributed by atoms with Gasteiger partial charge < -0.3 is 33.7 Å². The molecule has 3 heterocycles. The average Bonchev–Trinajstić information content (AvgIpc) is 3.35. The lowest BCUT2D eigenvalue weighted by Crippen LogP contribution is -2.80. The molecule has 0 radical (unpaired) electrons. The van der Waals surface area contributed by atoms with Crippen molar-refractivity contribution in [1.29, 1.82) is 0 Å². The van der Waals surface area contributed by atoms with Gasteiger partial charge in [-0.25, -0.2) is 34.0 Å². The third kappa shape index (κ3) is 8.46. The Labute approximate surface area is 280 Å². The van der Waals surface area contributed by atoms with E-state index in [0.29, 0.717) is 0 Å². The van der Waals surface area contributed by atoms with Gasteiger partial charge in [0.15, 0.2) is 5.66 Å². The van der Waals surface area contributed by atoms with E-state index in [2.05, 4.69) is 15.3 Å². The molecule has 0 bridgehead atoms. The second-order valence-corrected chi connectivity index (χ2v) is 15.7. The topological polar surface area (TPSA) is 198 Å². The molecule has 0 saturated carbocycles. The van der Waals surface area contributed by atoms with E-state index in [1.165, 1.54) is 11.8 Å². The molecular weight excluding hydrogens is 632 g/mol. The number of alkyl carbamates (subject to hydrolysis) is 1. The maximum atomic E-state index is 14.2. The molecule has 4 amide bonds. The van der Waals surface area contributed by atoms with Gasteiger partial charge >= 0.3 is 30.3 Å². The van der Waals surface area contributed by atoms with Gasteiger partial charge in [-0.3, -0.25) is 10.1 Å². The highest BCUT2D eigenvalue weighted by Crippen LogP contribution is 2.49. The molecule has 48 heavy (non-hydrogen) atoms. The number of rotatable bonds is 2. The Bertz CT molecular complexity index is 1370. The zero-order chi connectivity index (χ0) is 36.8. The average molecular weight is 683 g/mol. The summed E-state index contributed by atoms with van der Waals surface area (Å²) in [6, 6.07) is -2.73. The quantitative estimate of drug-likeness (QED) is 0.317. The van der Waals surface area contributed by atoms with Crippen molar-refractivity contribution < 1.29 is 52.8 Å². The molecule has 270 valence electrons. The van der Waals surface area contributed by atoms with E-state index in [-0.39, 0.29) is 24.9 Å². The fraction of sp³-hybridized carbons (Fsp3) is 0.774. The second kappa shape index (κ2) is 13.0. The summed E-state index contributed by atoms with van der Waals surface area (Å²) >= 11 is 0. The van der Waals surface area contributed by atoms with Gasteiger partial charge in [0.2, 0.25) is 11.9 Å². The number of hydrogen-bond acceptors (Lipinski definition) is 12. The molecular formula is C31H50N6O11. The minimum absolute atomic E-state index is 0.0399. The highest BCUT2D eigenvalue weighted by molar-refractivity contribution is 6.07. The van der Waals surface area contributed by atoms with E-state index in [1.807, 2.05) is 0 Å². The summed E-state index contributed by atoms with van der Waals surface area (Å²) in [6.07, 6.45) is -5.26. The van der Waals surface area contributed by atoms with Gasteiger partial charge in [-0.05, 0) is 83.1 Å². The number of aliphatic hydroxyl groups excluding tert-OH is 1. The molecule has 0 aromatic rings. The van der Waals surface area contributed by atoms with Crippen LogP contribution in [-0.4, -0.2) is 121 Å². The van der Waals surface area contributed by atoms with E-state index in [0.717, 1.165) is 9.80 Å². The molecule has 0 unspecified atom stereocenters. The second-order valence-electron chi connectivity index (χ2n) is 15.7. The number of nitrogens with one attached hydrogen (secondary N) is 1. The van der Waals surface area contributed by atoms with Crippen molar-refractivity contribution in [2.45, 2.75) is 143 Å². The molecule has 17 nitrogen and oxygen atoms in total. The Kier molecular flexibility index (Phi) is 10.4. The van der Waals surface area contributed by atoms with E-state index < -0.39 is 83.2 Å². The van der Waals surface area contributed by atoms with E-state index in [4.69, 9.17) is 23.7 Å². The number of nitrogens with zero attached hydrogens (tertiary/aromatic N) is 5. The highest BCUT2D eigenvalue weighted by atomic mass is 16.6. The third-order valence-electron chi connectivity index (χ3n) is 6.80. The number of carbonyl (C=O) groups excluding carboxylic acids is 5. The number of carbonyl (C=O) groups is 5. The fourth-order valence-corrected chi connectivity index (χ4v) is 5.62. The smallest absolute Gasteiger partial charge is 0.437 e. The Morgan fingerprint density at radius 2 is 1.38 bits per heavy atom. The van der Waals surface area contributed by atoms with Gasteiger partial charge in [0.1, 0.15) is 34.6 Å². The number of aliphatic imine (C=N–C) groups is 2. The zero-order valence-corrected chi connectivity index (χ0v) is 30.1. The van der Waals surface area contributed by atoms with Crippen LogP contribution in [0.1, 0.15) is 96.4 Å². The summed E-state index contributed by atoms with van der Waals surface area (Å²) in [7, 11) is 0. The predicted molar refractivity (Wildman–Crippen MR) is 171 cm³/mol. The number of amides is 4. The summed E-state index contributed by atoms with van der Waals surface area (Å²) in [4.78, 5) is 79.3. The van der Waals surface area contributed by atoms with Crippen LogP contribution in [-0.2, 0) is 28.5 Å². The van der Waals surface area contributed by atoms with Crippen LogP contribution in [0.3, 0.4) is 0 Å². The Morgan fingerprint density at radius 3 is 1.85 bits per heavy atom.